The molecule has 2 heterocycles. The molecular weight excluding hydrogens is 312 g/mol. The number of ether oxygens (including phenoxy) is 2. The van der Waals surface area contributed by atoms with Gasteiger partial charge in [-0.2, -0.15) is 0 Å². The highest BCUT2D eigenvalue weighted by molar-refractivity contribution is 5.81. The van der Waals surface area contributed by atoms with Crippen molar-refractivity contribution in [1.82, 2.24) is 10.2 Å². The van der Waals surface area contributed by atoms with E-state index in [1.165, 1.54) is 0 Å². The Morgan fingerprint density at radius 3 is 2.71 bits per heavy atom. The average molecular weight is 340 g/mol. The van der Waals surface area contributed by atoms with Crippen LogP contribution in [0.1, 0.15) is 39.0 Å². The molecule has 4 atom stereocenters. The molecule has 0 bridgehead atoms. The number of hydrogen-bond acceptors (Lipinski definition) is 5. The van der Waals surface area contributed by atoms with Gasteiger partial charge in [-0.1, -0.05) is 0 Å². The van der Waals surface area contributed by atoms with Gasteiger partial charge in [0.25, 0.3) is 0 Å². The summed E-state index contributed by atoms with van der Waals surface area (Å²) in [7, 11) is 0. The Labute approximate surface area is 142 Å². The molecule has 136 valence electrons. The van der Waals surface area contributed by atoms with Crippen molar-refractivity contribution in [1.29, 1.82) is 0 Å². The average Bonchev–Trinajstić information content (AvgIpc) is 3.36. The first-order valence-corrected chi connectivity index (χ1v) is 9.07. The molecule has 3 fully saturated rings. The first kappa shape index (κ1) is 17.6. The van der Waals surface area contributed by atoms with Gasteiger partial charge in [0.2, 0.25) is 11.8 Å². The molecule has 2 amide bonds. The van der Waals surface area contributed by atoms with E-state index in [4.69, 9.17) is 9.47 Å². The fourth-order valence-corrected chi connectivity index (χ4v) is 3.64. The van der Waals surface area contributed by atoms with Crippen molar-refractivity contribution in [3.8, 4) is 0 Å². The third-order valence-electron chi connectivity index (χ3n) is 4.98. The minimum atomic E-state index is -0.651. The molecule has 0 unspecified atom stereocenters. The second kappa shape index (κ2) is 7.80. The Morgan fingerprint density at radius 1 is 1.21 bits per heavy atom. The molecule has 3 rings (SSSR count). The largest absolute Gasteiger partial charge is 0.389 e. The SMILES string of the molecule is CCNC(=O)C[C@@H]1CC[C@@H]2[C@H](COC[C@H](O)CN2C(=O)C2CC2)O1. The minimum Gasteiger partial charge on any atom is -0.389 e. The number of aliphatic hydroxyl groups is 1. The second-order valence-corrected chi connectivity index (χ2v) is 7.06. The first-order valence-electron chi connectivity index (χ1n) is 9.07. The predicted molar refractivity (Wildman–Crippen MR) is 86.2 cm³/mol. The Hall–Kier alpha value is -1.18. The molecule has 24 heavy (non-hydrogen) atoms. The highest BCUT2D eigenvalue weighted by Gasteiger charge is 2.43. The molecule has 0 spiro atoms. The maximum atomic E-state index is 12.6. The lowest BCUT2D eigenvalue weighted by Gasteiger charge is -2.44. The van der Waals surface area contributed by atoms with Gasteiger partial charge in [0.15, 0.2) is 0 Å². The maximum absolute atomic E-state index is 12.6. The summed E-state index contributed by atoms with van der Waals surface area (Å²) in [5, 5.41) is 12.8. The van der Waals surface area contributed by atoms with Crippen LogP contribution in [0.2, 0.25) is 0 Å². The highest BCUT2D eigenvalue weighted by Crippen LogP contribution is 2.35. The third kappa shape index (κ3) is 4.26. The van der Waals surface area contributed by atoms with Gasteiger partial charge in [0.05, 0.1) is 37.9 Å². The Balaban J connectivity index is 1.65. The summed E-state index contributed by atoms with van der Waals surface area (Å²) in [6.07, 6.45) is 2.74. The first-order chi connectivity index (χ1) is 11.6. The molecule has 7 heteroatoms. The molecule has 0 aromatic rings. The van der Waals surface area contributed by atoms with E-state index in [2.05, 4.69) is 5.32 Å². The Kier molecular flexibility index (Phi) is 5.73. The Bertz CT molecular complexity index is 468. The molecule has 0 radical (unpaired) electrons. The maximum Gasteiger partial charge on any atom is 0.226 e. The van der Waals surface area contributed by atoms with E-state index < -0.39 is 6.10 Å². The van der Waals surface area contributed by atoms with Crippen LogP contribution in [0.3, 0.4) is 0 Å². The van der Waals surface area contributed by atoms with Gasteiger partial charge in [0, 0.05) is 19.0 Å². The fraction of sp³-hybridized carbons (Fsp3) is 0.882. The van der Waals surface area contributed by atoms with Crippen LogP contribution in [0.5, 0.6) is 0 Å². The molecule has 1 aliphatic carbocycles. The van der Waals surface area contributed by atoms with Crippen molar-refractivity contribution in [3.05, 3.63) is 0 Å². The van der Waals surface area contributed by atoms with Gasteiger partial charge < -0.3 is 24.8 Å². The molecule has 1 saturated carbocycles. The smallest absolute Gasteiger partial charge is 0.226 e. The van der Waals surface area contributed by atoms with E-state index in [-0.39, 0.29) is 42.6 Å². The summed E-state index contributed by atoms with van der Waals surface area (Å²) in [5.74, 6) is 0.247. The standard InChI is InChI=1S/C17H28N2O5/c1-2-18-16(21)7-13-5-6-14-15(24-13)10-23-9-12(20)8-19(14)17(22)11-3-4-11/h11-15,20H,2-10H2,1H3,(H,18,21)/t12-,13+,14-,15+/m1/s1. The zero-order chi connectivity index (χ0) is 17.1. The molecule has 2 aliphatic heterocycles. The van der Waals surface area contributed by atoms with Crippen molar-refractivity contribution >= 4 is 11.8 Å². The molecule has 0 aromatic carbocycles. The van der Waals surface area contributed by atoms with Crippen LogP contribution >= 0.6 is 0 Å². The number of β-amino-alcohol motifs (C(OH)–C–C–N with tert-alkyl or cyclic N) is 1. The molecule has 2 N–H and O–H groups in total. The van der Waals surface area contributed by atoms with Gasteiger partial charge in [-0.25, -0.2) is 0 Å². The number of nitrogens with zero attached hydrogens (tertiary/aromatic N) is 1. The zero-order valence-corrected chi connectivity index (χ0v) is 14.3. The van der Waals surface area contributed by atoms with Crippen LogP contribution in [-0.4, -0.2) is 72.5 Å². The van der Waals surface area contributed by atoms with Crippen molar-refractivity contribution in [2.24, 2.45) is 5.92 Å². The normalized spacial score (nSPS) is 34.0. The van der Waals surface area contributed by atoms with Gasteiger partial charge in [-0.15, -0.1) is 0 Å². The van der Waals surface area contributed by atoms with Crippen LogP contribution < -0.4 is 5.32 Å². The van der Waals surface area contributed by atoms with Crippen LogP contribution in [0.25, 0.3) is 0 Å². The molecule has 3 aliphatic rings. The number of nitrogens with one attached hydrogen (secondary N) is 1. The summed E-state index contributed by atoms with van der Waals surface area (Å²) in [6.45, 7) is 3.37. The Morgan fingerprint density at radius 2 is 2.00 bits per heavy atom. The van der Waals surface area contributed by atoms with E-state index in [1.54, 1.807) is 0 Å². The lowest BCUT2D eigenvalue weighted by Crippen LogP contribution is -2.57. The molecule has 7 nitrogen and oxygen atoms in total. The lowest BCUT2D eigenvalue weighted by molar-refractivity contribution is -0.170. The number of rotatable bonds is 4. The van der Waals surface area contributed by atoms with Gasteiger partial charge in [-0.05, 0) is 32.6 Å². The van der Waals surface area contributed by atoms with Gasteiger partial charge >= 0.3 is 0 Å². The number of carbonyl (C=O) groups is 2. The van der Waals surface area contributed by atoms with E-state index in [1.807, 2.05) is 11.8 Å². The van der Waals surface area contributed by atoms with E-state index in [9.17, 15) is 14.7 Å². The monoisotopic (exact) mass is 340 g/mol. The topological polar surface area (TPSA) is 88.1 Å². The summed E-state index contributed by atoms with van der Waals surface area (Å²) in [6, 6.07) is -0.0708. The second-order valence-electron chi connectivity index (χ2n) is 7.06. The quantitative estimate of drug-likeness (QED) is 0.755. The summed E-state index contributed by atoms with van der Waals surface area (Å²) >= 11 is 0. The van der Waals surface area contributed by atoms with Crippen LogP contribution in [0.4, 0.5) is 0 Å². The van der Waals surface area contributed by atoms with E-state index >= 15 is 0 Å². The number of carbonyl (C=O) groups excluding carboxylic acids is 2. The van der Waals surface area contributed by atoms with E-state index in [0.717, 1.165) is 25.7 Å². The molecule has 2 saturated heterocycles. The lowest BCUT2D eigenvalue weighted by atomic mass is 9.94. The minimum absolute atomic E-state index is 0.00551. The highest BCUT2D eigenvalue weighted by atomic mass is 16.5. The molecular formula is C17H28N2O5. The van der Waals surface area contributed by atoms with Crippen LogP contribution in [-0.2, 0) is 19.1 Å². The zero-order valence-electron chi connectivity index (χ0n) is 14.3. The van der Waals surface area contributed by atoms with Crippen molar-refractivity contribution < 1.29 is 24.2 Å². The number of amides is 2. The van der Waals surface area contributed by atoms with Crippen LogP contribution in [0.15, 0.2) is 0 Å². The number of fused-ring (bicyclic) bond motifs is 1. The van der Waals surface area contributed by atoms with Crippen molar-refractivity contribution in [2.45, 2.75) is 63.4 Å². The van der Waals surface area contributed by atoms with Crippen molar-refractivity contribution in [2.75, 3.05) is 26.3 Å². The number of hydrogen-bond donors (Lipinski definition) is 2. The summed E-state index contributed by atoms with van der Waals surface area (Å²) < 4.78 is 11.6. The van der Waals surface area contributed by atoms with Crippen LogP contribution in [0, 0.1) is 5.92 Å². The fourth-order valence-electron chi connectivity index (χ4n) is 3.64. The van der Waals surface area contributed by atoms with Crippen molar-refractivity contribution in [3.63, 3.8) is 0 Å². The van der Waals surface area contributed by atoms with Gasteiger partial charge in [-0.3, -0.25) is 9.59 Å². The van der Waals surface area contributed by atoms with E-state index in [0.29, 0.717) is 26.1 Å². The molecule has 0 aromatic heterocycles. The number of aliphatic hydroxyl groups excluding tert-OH is 1. The summed E-state index contributed by atoms with van der Waals surface area (Å²) in [4.78, 5) is 26.2. The summed E-state index contributed by atoms with van der Waals surface area (Å²) in [5.41, 5.74) is 0. The van der Waals surface area contributed by atoms with Gasteiger partial charge in [0.1, 0.15) is 6.10 Å². The third-order valence-corrected chi connectivity index (χ3v) is 4.98. The predicted octanol–water partition coefficient (Wildman–Crippen LogP) is 0.0585.